The van der Waals surface area contributed by atoms with Crippen molar-refractivity contribution in [2.24, 2.45) is 52.3 Å². The van der Waals surface area contributed by atoms with Gasteiger partial charge >= 0.3 is 0 Å². The van der Waals surface area contributed by atoms with Crippen molar-refractivity contribution in [3.05, 3.63) is 23.8 Å². The van der Waals surface area contributed by atoms with Crippen molar-refractivity contribution in [1.82, 2.24) is 0 Å². The molecule has 30 heavy (non-hydrogen) atoms. The van der Waals surface area contributed by atoms with Crippen LogP contribution in [0.3, 0.4) is 0 Å². The SMILES string of the molecule is CC[C@H](/C=C/[C@@H](C)C1CCC2C3CC=C4C[C@@H](O)CCC4(C)C3CC[C@@]21C)C(C)C. The summed E-state index contributed by atoms with van der Waals surface area (Å²) in [4.78, 5) is 0. The normalized spacial score (nSPS) is 45.6. The first-order valence-corrected chi connectivity index (χ1v) is 13.3. The molecule has 5 unspecified atom stereocenters. The smallest absolute Gasteiger partial charge is 0.0577 e. The lowest BCUT2D eigenvalue weighted by Crippen LogP contribution is -2.50. The van der Waals surface area contributed by atoms with E-state index < -0.39 is 0 Å². The van der Waals surface area contributed by atoms with Gasteiger partial charge in [0, 0.05) is 0 Å². The minimum absolute atomic E-state index is 0.0870. The monoisotopic (exact) mass is 412 g/mol. The van der Waals surface area contributed by atoms with E-state index in [1.807, 2.05) is 0 Å². The summed E-state index contributed by atoms with van der Waals surface area (Å²) in [5, 5.41) is 10.2. The second-order valence-electron chi connectivity index (χ2n) is 12.4. The zero-order valence-corrected chi connectivity index (χ0v) is 20.7. The number of aliphatic hydroxyl groups is 1. The molecule has 1 N–H and O–H groups in total. The molecule has 0 radical (unpaired) electrons. The Morgan fingerprint density at radius 1 is 1.03 bits per heavy atom. The summed E-state index contributed by atoms with van der Waals surface area (Å²) in [6, 6.07) is 0. The molecule has 0 bridgehead atoms. The summed E-state index contributed by atoms with van der Waals surface area (Å²) in [6.07, 6.45) is 19.1. The van der Waals surface area contributed by atoms with Crippen molar-refractivity contribution < 1.29 is 5.11 Å². The summed E-state index contributed by atoms with van der Waals surface area (Å²) in [6.45, 7) is 14.8. The fourth-order valence-electron chi connectivity index (χ4n) is 8.83. The second-order valence-corrected chi connectivity index (χ2v) is 12.4. The highest BCUT2D eigenvalue weighted by Gasteiger charge is 2.58. The van der Waals surface area contributed by atoms with Gasteiger partial charge in [-0.25, -0.2) is 0 Å². The molecule has 170 valence electrons. The molecule has 0 aliphatic heterocycles. The van der Waals surface area contributed by atoms with E-state index in [-0.39, 0.29) is 6.10 Å². The first-order valence-electron chi connectivity index (χ1n) is 13.3. The highest BCUT2D eigenvalue weighted by molar-refractivity contribution is 5.25. The van der Waals surface area contributed by atoms with Crippen LogP contribution in [0.1, 0.15) is 99.3 Å². The first kappa shape index (κ1) is 22.6. The van der Waals surface area contributed by atoms with Crippen molar-refractivity contribution >= 4 is 0 Å². The maximum atomic E-state index is 10.2. The van der Waals surface area contributed by atoms with E-state index >= 15 is 0 Å². The van der Waals surface area contributed by atoms with E-state index in [2.05, 4.69) is 59.8 Å². The summed E-state index contributed by atoms with van der Waals surface area (Å²) in [5.41, 5.74) is 2.51. The van der Waals surface area contributed by atoms with Gasteiger partial charge in [0.25, 0.3) is 0 Å². The molecule has 0 spiro atoms. The molecule has 0 aromatic rings. The third-order valence-electron chi connectivity index (χ3n) is 10.8. The molecule has 0 aromatic heterocycles. The molecule has 0 aromatic carbocycles. The molecule has 4 rings (SSSR count). The predicted octanol–water partition coefficient (Wildman–Crippen LogP) is 7.80. The van der Waals surface area contributed by atoms with Gasteiger partial charge in [0.05, 0.1) is 6.10 Å². The van der Waals surface area contributed by atoms with Crippen LogP contribution in [0.15, 0.2) is 23.8 Å². The van der Waals surface area contributed by atoms with Crippen LogP contribution in [0.2, 0.25) is 0 Å². The van der Waals surface area contributed by atoms with Crippen molar-refractivity contribution in [3.63, 3.8) is 0 Å². The van der Waals surface area contributed by atoms with E-state index in [0.29, 0.717) is 16.7 Å². The first-order chi connectivity index (χ1) is 14.2. The van der Waals surface area contributed by atoms with Gasteiger partial charge in [0.1, 0.15) is 0 Å². The summed E-state index contributed by atoms with van der Waals surface area (Å²) >= 11 is 0. The fourth-order valence-corrected chi connectivity index (χ4v) is 8.83. The molecule has 1 nitrogen and oxygen atoms in total. The molecule has 1 heteroatoms. The Balaban J connectivity index is 1.52. The van der Waals surface area contributed by atoms with E-state index in [4.69, 9.17) is 0 Å². The predicted molar refractivity (Wildman–Crippen MR) is 128 cm³/mol. The average molecular weight is 413 g/mol. The number of allylic oxidation sites excluding steroid dienone is 3. The van der Waals surface area contributed by atoms with Gasteiger partial charge in [-0.05, 0) is 110 Å². The minimum atomic E-state index is -0.0870. The third kappa shape index (κ3) is 3.66. The number of rotatable bonds is 5. The summed E-state index contributed by atoms with van der Waals surface area (Å²) < 4.78 is 0. The van der Waals surface area contributed by atoms with Crippen LogP contribution in [-0.2, 0) is 0 Å². The van der Waals surface area contributed by atoms with Gasteiger partial charge in [-0.1, -0.05) is 65.3 Å². The highest BCUT2D eigenvalue weighted by atomic mass is 16.3. The molecule has 3 saturated carbocycles. The quantitative estimate of drug-likeness (QED) is 0.457. The number of hydrogen-bond donors (Lipinski definition) is 1. The van der Waals surface area contributed by atoms with Crippen LogP contribution in [0.25, 0.3) is 0 Å². The largest absolute Gasteiger partial charge is 0.393 e. The molecule has 0 amide bonds. The van der Waals surface area contributed by atoms with Gasteiger partial charge in [-0.15, -0.1) is 0 Å². The van der Waals surface area contributed by atoms with E-state index in [9.17, 15) is 5.11 Å². The van der Waals surface area contributed by atoms with Crippen molar-refractivity contribution in [2.45, 2.75) is 105 Å². The molecule has 4 aliphatic carbocycles. The summed E-state index contributed by atoms with van der Waals surface area (Å²) in [5.74, 6) is 5.70. The topological polar surface area (TPSA) is 20.2 Å². The van der Waals surface area contributed by atoms with Gasteiger partial charge in [-0.3, -0.25) is 0 Å². The van der Waals surface area contributed by atoms with Crippen LogP contribution in [0.4, 0.5) is 0 Å². The number of fused-ring (bicyclic) bond motifs is 5. The Bertz CT molecular complexity index is 674. The lowest BCUT2D eigenvalue weighted by molar-refractivity contribution is -0.0540. The van der Waals surface area contributed by atoms with Gasteiger partial charge in [-0.2, -0.15) is 0 Å². The Hall–Kier alpha value is -0.560. The lowest BCUT2D eigenvalue weighted by atomic mass is 9.47. The molecule has 9 atom stereocenters. The molecular weight excluding hydrogens is 364 g/mol. The molecular formula is C29H48O. The van der Waals surface area contributed by atoms with E-state index in [0.717, 1.165) is 48.3 Å². The van der Waals surface area contributed by atoms with Crippen LogP contribution in [-0.4, -0.2) is 11.2 Å². The molecule has 0 saturated heterocycles. The Labute approximate surface area is 186 Å². The zero-order chi connectivity index (χ0) is 21.7. The fraction of sp³-hybridized carbons (Fsp3) is 0.862. The summed E-state index contributed by atoms with van der Waals surface area (Å²) in [7, 11) is 0. The molecule has 0 heterocycles. The Morgan fingerprint density at radius 3 is 2.50 bits per heavy atom. The van der Waals surface area contributed by atoms with E-state index in [1.165, 1.54) is 44.9 Å². The zero-order valence-electron chi connectivity index (χ0n) is 20.7. The Morgan fingerprint density at radius 2 is 1.80 bits per heavy atom. The average Bonchev–Trinajstić information content (AvgIpc) is 3.06. The minimum Gasteiger partial charge on any atom is -0.393 e. The van der Waals surface area contributed by atoms with Gasteiger partial charge in [0.15, 0.2) is 0 Å². The van der Waals surface area contributed by atoms with Crippen molar-refractivity contribution in [3.8, 4) is 0 Å². The van der Waals surface area contributed by atoms with Crippen LogP contribution >= 0.6 is 0 Å². The van der Waals surface area contributed by atoms with Crippen molar-refractivity contribution in [2.75, 3.05) is 0 Å². The van der Waals surface area contributed by atoms with Gasteiger partial charge in [0.2, 0.25) is 0 Å². The van der Waals surface area contributed by atoms with Crippen molar-refractivity contribution in [1.29, 1.82) is 0 Å². The lowest BCUT2D eigenvalue weighted by Gasteiger charge is -2.58. The highest BCUT2D eigenvalue weighted by Crippen LogP contribution is 2.67. The molecule has 3 fully saturated rings. The molecule has 4 aliphatic rings. The standard InChI is InChI=1S/C29H48O/c1-7-21(19(2)3)9-8-20(4)25-12-13-26-24-11-10-22-18-23(30)14-16-28(22,5)27(24)15-17-29(25,26)6/h8-10,19-21,23-27,30H,7,11-18H2,1-6H3/b9-8+/t20-,21-,23+,24?,25?,26?,27?,28?,29-/m1/s1. The second kappa shape index (κ2) is 8.42. The van der Waals surface area contributed by atoms with Crippen LogP contribution < -0.4 is 0 Å². The maximum absolute atomic E-state index is 10.2. The number of aliphatic hydroxyl groups excluding tert-OH is 1. The van der Waals surface area contributed by atoms with Crippen LogP contribution in [0, 0.1) is 52.3 Å². The maximum Gasteiger partial charge on any atom is 0.0577 e. The number of hydrogen-bond acceptors (Lipinski definition) is 1. The van der Waals surface area contributed by atoms with Gasteiger partial charge < -0.3 is 5.11 Å². The third-order valence-corrected chi connectivity index (χ3v) is 10.8. The van der Waals surface area contributed by atoms with E-state index in [1.54, 1.807) is 5.57 Å². The Kier molecular flexibility index (Phi) is 6.35. The van der Waals surface area contributed by atoms with Crippen LogP contribution in [0.5, 0.6) is 0 Å².